The highest BCUT2D eigenvalue weighted by molar-refractivity contribution is 8.04. The van der Waals surface area contributed by atoms with Crippen molar-refractivity contribution in [2.24, 2.45) is 0 Å². The van der Waals surface area contributed by atoms with Gasteiger partial charge in [-0.1, -0.05) is 95.5 Å². The number of carbonyl (C=O) groups is 2. The van der Waals surface area contributed by atoms with E-state index in [0.29, 0.717) is 21.8 Å². The van der Waals surface area contributed by atoms with Crippen LogP contribution in [0.3, 0.4) is 0 Å². The second-order valence-electron chi connectivity index (χ2n) is 9.41. The van der Waals surface area contributed by atoms with Gasteiger partial charge in [-0.2, -0.15) is 0 Å². The second-order valence-corrected chi connectivity index (χ2v) is 13.1. The lowest BCUT2D eigenvalue weighted by atomic mass is 10.1. The van der Waals surface area contributed by atoms with Crippen molar-refractivity contribution in [1.29, 1.82) is 0 Å². The van der Waals surface area contributed by atoms with E-state index in [2.05, 4.69) is 20.8 Å². The summed E-state index contributed by atoms with van der Waals surface area (Å²) in [5, 5.41) is 13.9. The maximum absolute atomic E-state index is 13.2. The van der Waals surface area contributed by atoms with Crippen molar-refractivity contribution in [1.82, 2.24) is 20.8 Å². The Bertz CT molecular complexity index is 1110. The third kappa shape index (κ3) is 8.04. The van der Waals surface area contributed by atoms with Gasteiger partial charge in [-0.15, -0.1) is 10.2 Å². The number of carbonyl (C=O) groups excluding carboxylic acids is 2. The Morgan fingerprint density at radius 1 is 0.769 bits per heavy atom. The van der Waals surface area contributed by atoms with Gasteiger partial charge >= 0.3 is 0 Å². The van der Waals surface area contributed by atoms with E-state index in [1.54, 1.807) is 0 Å². The molecule has 0 spiro atoms. The lowest BCUT2D eigenvalue weighted by molar-refractivity contribution is -0.122. The zero-order chi connectivity index (χ0) is 26.9. The van der Waals surface area contributed by atoms with Gasteiger partial charge in [0.25, 0.3) is 0 Å². The van der Waals surface area contributed by atoms with Crippen molar-refractivity contribution in [2.45, 2.75) is 57.1 Å². The Kier molecular flexibility index (Phi) is 10.3. The largest absolute Gasteiger partial charge is 0.376 e. The smallest absolute Gasteiger partial charge is 0.238 e. The quantitative estimate of drug-likeness (QED) is 0.293. The van der Waals surface area contributed by atoms with Crippen LogP contribution >= 0.6 is 34.9 Å². The molecule has 2 aromatic carbocycles. The topological polar surface area (TPSA) is 102 Å². The Labute approximate surface area is 241 Å². The van der Waals surface area contributed by atoms with E-state index in [0.717, 1.165) is 50.0 Å². The molecule has 0 unspecified atom stereocenters. The maximum atomic E-state index is 13.2. The lowest BCUT2D eigenvalue weighted by Gasteiger charge is -2.18. The van der Waals surface area contributed by atoms with Crippen LogP contribution in [0.15, 0.2) is 69.3 Å². The van der Waals surface area contributed by atoms with Crippen LogP contribution in [0, 0.1) is 0 Å². The summed E-state index contributed by atoms with van der Waals surface area (Å²) in [5.74, 6) is -0.163. The van der Waals surface area contributed by atoms with E-state index < -0.39 is 10.5 Å². The summed E-state index contributed by atoms with van der Waals surface area (Å²) in [4.78, 5) is 26.5. The molecule has 0 saturated carbocycles. The molecule has 2 fully saturated rings. The molecule has 2 amide bonds. The van der Waals surface area contributed by atoms with Crippen molar-refractivity contribution >= 4 is 46.7 Å². The molecular formula is C28H32N4O4S3. The highest BCUT2D eigenvalue weighted by Crippen LogP contribution is 2.42. The molecule has 2 aliphatic heterocycles. The van der Waals surface area contributed by atoms with E-state index >= 15 is 0 Å². The Balaban J connectivity index is 1.26. The Morgan fingerprint density at radius 3 is 1.59 bits per heavy atom. The summed E-state index contributed by atoms with van der Waals surface area (Å²) >= 11 is 4.14. The molecule has 0 aliphatic carbocycles. The summed E-state index contributed by atoms with van der Waals surface area (Å²) in [6, 6.07) is 19.4. The van der Waals surface area contributed by atoms with Crippen LogP contribution in [0.5, 0.6) is 0 Å². The van der Waals surface area contributed by atoms with Crippen molar-refractivity contribution in [2.75, 3.05) is 26.3 Å². The van der Waals surface area contributed by atoms with E-state index in [-0.39, 0.29) is 24.0 Å². The number of hydrogen-bond donors (Lipinski definition) is 2. The normalized spacial score (nSPS) is 20.4. The molecule has 3 aromatic rings. The Morgan fingerprint density at radius 2 is 1.21 bits per heavy atom. The molecule has 5 rings (SSSR count). The summed E-state index contributed by atoms with van der Waals surface area (Å²) in [5.41, 5.74) is 1.79. The zero-order valence-corrected chi connectivity index (χ0v) is 23.9. The fraction of sp³-hybridized carbons (Fsp3) is 0.429. The van der Waals surface area contributed by atoms with Crippen LogP contribution in [0.2, 0.25) is 0 Å². The summed E-state index contributed by atoms with van der Waals surface area (Å²) in [6.07, 6.45) is 4.12. The van der Waals surface area contributed by atoms with Crippen molar-refractivity contribution in [3.05, 3.63) is 71.8 Å². The van der Waals surface area contributed by atoms with Gasteiger partial charge in [0.1, 0.15) is 10.5 Å². The van der Waals surface area contributed by atoms with Gasteiger partial charge in [0.2, 0.25) is 11.8 Å². The summed E-state index contributed by atoms with van der Waals surface area (Å²) in [7, 11) is 0. The molecule has 4 atom stereocenters. The molecule has 2 saturated heterocycles. The van der Waals surface area contributed by atoms with Crippen molar-refractivity contribution < 1.29 is 19.1 Å². The predicted octanol–water partition coefficient (Wildman–Crippen LogP) is 4.80. The molecule has 8 nitrogen and oxygen atoms in total. The molecule has 1 aromatic heterocycles. The number of ether oxygens (including phenoxy) is 2. The third-order valence-corrected chi connectivity index (χ3v) is 10.2. The number of aromatic nitrogens is 2. The van der Waals surface area contributed by atoms with Crippen molar-refractivity contribution in [3.8, 4) is 0 Å². The van der Waals surface area contributed by atoms with Crippen molar-refractivity contribution in [3.63, 3.8) is 0 Å². The SMILES string of the molecule is O=C(NC[C@@H]1CCCO1)[C@@H](Sc1nnc(S[C@@H](C(=O)NC[C@@H]2CCCO2)c2ccccc2)s1)c1ccccc1. The molecule has 2 N–H and O–H groups in total. The van der Waals surface area contributed by atoms with Crippen LogP contribution in [0.1, 0.15) is 47.3 Å². The molecule has 0 radical (unpaired) electrons. The molecule has 0 bridgehead atoms. The van der Waals surface area contributed by atoms with E-state index in [4.69, 9.17) is 9.47 Å². The zero-order valence-electron chi connectivity index (χ0n) is 21.5. The maximum Gasteiger partial charge on any atom is 0.238 e. The minimum Gasteiger partial charge on any atom is -0.376 e. The molecule has 3 heterocycles. The van der Waals surface area contributed by atoms with Gasteiger partial charge in [-0.3, -0.25) is 9.59 Å². The summed E-state index contributed by atoms with van der Waals surface area (Å²) < 4.78 is 12.7. The fourth-order valence-electron chi connectivity index (χ4n) is 4.52. The second kappa shape index (κ2) is 14.3. The van der Waals surface area contributed by atoms with Gasteiger partial charge < -0.3 is 20.1 Å². The number of rotatable bonds is 12. The number of benzene rings is 2. The van der Waals surface area contributed by atoms with Crippen LogP contribution in [0.25, 0.3) is 0 Å². The van der Waals surface area contributed by atoms with E-state index in [9.17, 15) is 9.59 Å². The molecule has 39 heavy (non-hydrogen) atoms. The van der Waals surface area contributed by atoms with Gasteiger partial charge in [0, 0.05) is 26.3 Å². The minimum absolute atomic E-state index is 0.0706. The minimum atomic E-state index is -0.474. The number of amides is 2. The highest BCUT2D eigenvalue weighted by Gasteiger charge is 2.28. The number of nitrogens with one attached hydrogen (secondary N) is 2. The van der Waals surface area contributed by atoms with E-state index in [1.165, 1.54) is 34.9 Å². The number of thioether (sulfide) groups is 2. The average Bonchev–Trinajstić information content (AvgIpc) is 3.77. The summed E-state index contributed by atoms with van der Waals surface area (Å²) in [6.45, 7) is 2.50. The van der Waals surface area contributed by atoms with Crippen LogP contribution in [0.4, 0.5) is 0 Å². The van der Waals surface area contributed by atoms with Crippen LogP contribution < -0.4 is 10.6 Å². The molecule has 11 heteroatoms. The van der Waals surface area contributed by atoms with Crippen LogP contribution in [-0.4, -0.2) is 60.5 Å². The first-order valence-corrected chi connectivity index (χ1v) is 15.8. The predicted molar refractivity (Wildman–Crippen MR) is 154 cm³/mol. The Hall–Kier alpha value is -2.44. The average molecular weight is 585 g/mol. The van der Waals surface area contributed by atoms with Gasteiger partial charge in [0.05, 0.1) is 12.2 Å². The lowest BCUT2D eigenvalue weighted by Crippen LogP contribution is -2.34. The van der Waals surface area contributed by atoms with Gasteiger partial charge in [-0.05, 0) is 36.8 Å². The van der Waals surface area contributed by atoms with E-state index in [1.807, 2.05) is 60.7 Å². The first kappa shape index (κ1) is 28.1. The number of nitrogens with zero attached hydrogens (tertiary/aromatic N) is 2. The van der Waals surface area contributed by atoms with Gasteiger partial charge in [0.15, 0.2) is 8.68 Å². The fourth-order valence-corrected chi connectivity index (χ4v) is 7.97. The number of hydrogen-bond acceptors (Lipinski definition) is 9. The standard InChI is InChI=1S/C28H32N4O4S3/c33-25(29-17-21-13-7-15-35-21)23(19-9-3-1-4-10-19)37-27-31-32-28(39-27)38-24(20-11-5-2-6-12-20)26(34)30-18-22-14-8-16-36-22/h1-6,9-12,21-24H,7-8,13-18H2,(H,29,33)(H,30,34)/t21-,22-,23-,24+/m0/s1. The molecule has 206 valence electrons. The monoisotopic (exact) mass is 584 g/mol. The molecular weight excluding hydrogens is 553 g/mol. The third-order valence-electron chi connectivity index (χ3n) is 6.56. The highest BCUT2D eigenvalue weighted by atomic mass is 32.2. The van der Waals surface area contributed by atoms with Crippen LogP contribution in [-0.2, 0) is 19.1 Å². The first-order chi connectivity index (χ1) is 19.2. The molecule has 2 aliphatic rings. The first-order valence-electron chi connectivity index (χ1n) is 13.2. The van der Waals surface area contributed by atoms with Gasteiger partial charge in [-0.25, -0.2) is 0 Å².